The van der Waals surface area contributed by atoms with Gasteiger partial charge in [0.1, 0.15) is 0 Å². The first-order valence-corrected chi connectivity index (χ1v) is 5.25. The predicted molar refractivity (Wildman–Crippen MR) is 58.3 cm³/mol. The van der Waals surface area contributed by atoms with Crippen LogP contribution < -0.4 is 5.32 Å². The molecule has 1 aliphatic heterocycles. The molecule has 1 aromatic carbocycles. The molecule has 2 heteroatoms. The molecule has 0 aliphatic carbocycles. The van der Waals surface area contributed by atoms with Crippen molar-refractivity contribution in [2.75, 3.05) is 5.32 Å². The second-order valence-electron chi connectivity index (χ2n) is 3.93. The molecule has 0 saturated carbocycles. The Bertz CT molecular complexity index is 322. The number of nitrogens with one attached hydrogen (secondary N) is 1. The van der Waals surface area contributed by atoms with Crippen LogP contribution in [-0.2, 0) is 18.0 Å². The van der Waals surface area contributed by atoms with Crippen LogP contribution in [0.3, 0.4) is 0 Å². The zero-order valence-corrected chi connectivity index (χ0v) is 8.84. The van der Waals surface area contributed by atoms with E-state index in [-0.39, 0.29) is 0 Å². The number of hydrogen-bond donors (Lipinski definition) is 1. The molecule has 2 nitrogen and oxygen atoms in total. The number of rotatable bonds is 3. The molecule has 1 N–H and O–H groups in total. The predicted octanol–water partition coefficient (Wildman–Crippen LogP) is 2.93. The van der Waals surface area contributed by atoms with E-state index in [1.54, 1.807) is 0 Å². The molecule has 0 radical (unpaired) electrons. The molecule has 14 heavy (non-hydrogen) atoms. The lowest BCUT2D eigenvalue weighted by atomic mass is 10.1. The molecule has 0 aromatic heterocycles. The Kier molecular flexibility index (Phi) is 2.73. The first-order valence-electron chi connectivity index (χ1n) is 5.25. The average Bonchev–Trinajstić information content (AvgIpc) is 2.64. The molecule has 1 unspecified atom stereocenters. The van der Waals surface area contributed by atoms with E-state index in [0.717, 1.165) is 19.6 Å². The van der Waals surface area contributed by atoms with Gasteiger partial charge in [0, 0.05) is 11.7 Å². The largest absolute Gasteiger partial charge is 0.383 e. The van der Waals surface area contributed by atoms with E-state index in [1.807, 2.05) is 0 Å². The quantitative estimate of drug-likeness (QED) is 0.793. The van der Waals surface area contributed by atoms with E-state index in [0.29, 0.717) is 6.04 Å². The van der Waals surface area contributed by atoms with Crippen molar-refractivity contribution < 1.29 is 4.74 Å². The maximum Gasteiger partial charge on any atom is 0.0725 e. The Morgan fingerprint density at radius 1 is 1.36 bits per heavy atom. The molecular weight excluding hydrogens is 174 g/mol. The molecule has 0 bridgehead atoms. The van der Waals surface area contributed by atoms with Gasteiger partial charge in [-0.15, -0.1) is 0 Å². The van der Waals surface area contributed by atoms with Crippen LogP contribution in [0.4, 0.5) is 5.69 Å². The summed E-state index contributed by atoms with van der Waals surface area (Å²) in [5.74, 6) is 0. The molecule has 0 amide bonds. The van der Waals surface area contributed by atoms with Crippen molar-refractivity contribution in [1.29, 1.82) is 0 Å². The molecule has 1 atom stereocenters. The summed E-state index contributed by atoms with van der Waals surface area (Å²) >= 11 is 0. The highest BCUT2D eigenvalue weighted by Gasteiger charge is 2.11. The van der Waals surface area contributed by atoms with Crippen LogP contribution >= 0.6 is 0 Å². The summed E-state index contributed by atoms with van der Waals surface area (Å²) in [4.78, 5) is 0. The molecule has 1 heterocycles. The van der Waals surface area contributed by atoms with Crippen molar-refractivity contribution >= 4 is 5.69 Å². The fraction of sp³-hybridized carbons (Fsp3) is 0.500. The number of ether oxygens (including phenoxy) is 1. The number of fused-ring (bicyclic) bond motifs is 1. The van der Waals surface area contributed by atoms with Crippen molar-refractivity contribution in [2.24, 2.45) is 0 Å². The van der Waals surface area contributed by atoms with Crippen LogP contribution in [0.5, 0.6) is 0 Å². The Morgan fingerprint density at radius 2 is 2.14 bits per heavy atom. The third kappa shape index (κ3) is 1.90. The molecule has 1 aromatic rings. The highest BCUT2D eigenvalue weighted by molar-refractivity contribution is 5.49. The van der Waals surface area contributed by atoms with E-state index in [2.05, 4.69) is 37.4 Å². The third-order valence-electron chi connectivity index (χ3n) is 2.75. The summed E-state index contributed by atoms with van der Waals surface area (Å²) in [6.07, 6.45) is 1.15. The van der Waals surface area contributed by atoms with Crippen molar-refractivity contribution in [3.05, 3.63) is 29.3 Å². The minimum absolute atomic E-state index is 0.537. The SMILES string of the molecule is CCC(C)Nc1ccc2c(c1)COC2. The monoisotopic (exact) mass is 191 g/mol. The van der Waals surface area contributed by atoms with Crippen molar-refractivity contribution in [3.63, 3.8) is 0 Å². The van der Waals surface area contributed by atoms with Gasteiger partial charge in [-0.1, -0.05) is 13.0 Å². The molecular formula is C12H17NO. The van der Waals surface area contributed by atoms with E-state index in [1.165, 1.54) is 16.8 Å². The summed E-state index contributed by atoms with van der Waals surface area (Å²) in [6, 6.07) is 7.04. The number of hydrogen-bond acceptors (Lipinski definition) is 2. The molecule has 0 spiro atoms. The molecule has 1 aliphatic rings. The first kappa shape index (κ1) is 9.53. The van der Waals surface area contributed by atoms with Crippen LogP contribution in [0.25, 0.3) is 0 Å². The molecule has 2 rings (SSSR count). The smallest absolute Gasteiger partial charge is 0.0725 e. The zero-order chi connectivity index (χ0) is 9.97. The van der Waals surface area contributed by atoms with Gasteiger partial charge in [0.05, 0.1) is 13.2 Å². The maximum atomic E-state index is 5.37. The van der Waals surface area contributed by atoms with Gasteiger partial charge in [0.2, 0.25) is 0 Å². The van der Waals surface area contributed by atoms with Crippen molar-refractivity contribution in [2.45, 2.75) is 39.5 Å². The minimum Gasteiger partial charge on any atom is -0.383 e. The Labute approximate surface area is 85.3 Å². The summed E-state index contributed by atoms with van der Waals surface area (Å²) in [5, 5.41) is 3.47. The van der Waals surface area contributed by atoms with E-state index < -0.39 is 0 Å². The van der Waals surface area contributed by atoms with Gasteiger partial charge >= 0.3 is 0 Å². The lowest BCUT2D eigenvalue weighted by Gasteiger charge is -2.13. The lowest BCUT2D eigenvalue weighted by Crippen LogP contribution is -2.13. The van der Waals surface area contributed by atoms with Crippen LogP contribution in [0.2, 0.25) is 0 Å². The highest BCUT2D eigenvalue weighted by atomic mass is 16.5. The molecule has 76 valence electrons. The standard InChI is InChI=1S/C12H17NO/c1-3-9(2)13-12-5-4-10-7-14-8-11(10)6-12/h4-6,9,13H,3,7-8H2,1-2H3. The Morgan fingerprint density at radius 3 is 2.93 bits per heavy atom. The van der Waals surface area contributed by atoms with Gasteiger partial charge in [0.25, 0.3) is 0 Å². The van der Waals surface area contributed by atoms with Gasteiger partial charge in [-0.3, -0.25) is 0 Å². The fourth-order valence-corrected chi connectivity index (χ4v) is 1.65. The van der Waals surface area contributed by atoms with Gasteiger partial charge in [-0.05, 0) is 36.6 Å². The van der Waals surface area contributed by atoms with Gasteiger partial charge < -0.3 is 10.1 Å². The van der Waals surface area contributed by atoms with Gasteiger partial charge in [-0.2, -0.15) is 0 Å². The highest BCUT2D eigenvalue weighted by Crippen LogP contribution is 2.23. The fourth-order valence-electron chi connectivity index (χ4n) is 1.65. The van der Waals surface area contributed by atoms with Crippen LogP contribution in [0, 0.1) is 0 Å². The second-order valence-corrected chi connectivity index (χ2v) is 3.93. The topological polar surface area (TPSA) is 21.3 Å². The molecule has 0 saturated heterocycles. The number of benzene rings is 1. The van der Waals surface area contributed by atoms with E-state index in [9.17, 15) is 0 Å². The van der Waals surface area contributed by atoms with E-state index in [4.69, 9.17) is 4.74 Å². The van der Waals surface area contributed by atoms with Crippen molar-refractivity contribution in [1.82, 2.24) is 0 Å². The summed E-state index contributed by atoms with van der Waals surface area (Å²) in [5.41, 5.74) is 3.88. The maximum absolute atomic E-state index is 5.37. The third-order valence-corrected chi connectivity index (χ3v) is 2.75. The summed E-state index contributed by atoms with van der Waals surface area (Å²) < 4.78 is 5.37. The normalized spacial score (nSPS) is 16.4. The summed E-state index contributed by atoms with van der Waals surface area (Å²) in [6.45, 7) is 5.93. The van der Waals surface area contributed by atoms with Gasteiger partial charge in [0.15, 0.2) is 0 Å². The van der Waals surface area contributed by atoms with Crippen LogP contribution in [0.1, 0.15) is 31.4 Å². The first-order chi connectivity index (χ1) is 6.79. The Hall–Kier alpha value is -1.02. The van der Waals surface area contributed by atoms with Gasteiger partial charge in [-0.25, -0.2) is 0 Å². The summed E-state index contributed by atoms with van der Waals surface area (Å²) in [7, 11) is 0. The van der Waals surface area contributed by atoms with Crippen LogP contribution in [-0.4, -0.2) is 6.04 Å². The second kappa shape index (κ2) is 4.01. The van der Waals surface area contributed by atoms with Crippen LogP contribution in [0.15, 0.2) is 18.2 Å². The van der Waals surface area contributed by atoms with E-state index >= 15 is 0 Å². The lowest BCUT2D eigenvalue weighted by molar-refractivity contribution is 0.134. The Balaban J connectivity index is 2.12. The zero-order valence-electron chi connectivity index (χ0n) is 8.84. The average molecular weight is 191 g/mol. The van der Waals surface area contributed by atoms with Crippen molar-refractivity contribution in [3.8, 4) is 0 Å². The number of anilines is 1. The molecule has 0 fully saturated rings. The minimum atomic E-state index is 0.537.